The number of aldehydes is 1. The first-order chi connectivity index (χ1) is 8.50. The van der Waals surface area contributed by atoms with E-state index in [1.165, 1.54) is 18.3 Å². The first kappa shape index (κ1) is 12.3. The Labute approximate surface area is 100 Å². The lowest BCUT2D eigenvalue weighted by Gasteiger charge is -2.06. The fourth-order valence-corrected chi connectivity index (χ4v) is 1.45. The number of benzene rings is 1. The Morgan fingerprint density at radius 3 is 2.78 bits per heavy atom. The predicted octanol–water partition coefficient (Wildman–Crippen LogP) is 3.10. The van der Waals surface area contributed by atoms with Crippen LogP contribution in [0.25, 0.3) is 11.5 Å². The number of oxazole rings is 1. The van der Waals surface area contributed by atoms with Crippen molar-refractivity contribution in [1.82, 2.24) is 4.98 Å². The molecule has 0 unspecified atom stereocenters. The summed E-state index contributed by atoms with van der Waals surface area (Å²) < 4.78 is 42.7. The van der Waals surface area contributed by atoms with Crippen LogP contribution in [0.3, 0.4) is 0 Å². The average molecular weight is 255 g/mol. The molecule has 0 aliphatic heterocycles. The third-order valence-corrected chi connectivity index (χ3v) is 2.27. The highest BCUT2D eigenvalue weighted by molar-refractivity contribution is 5.57. The lowest BCUT2D eigenvalue weighted by molar-refractivity contribution is -0.137. The highest BCUT2D eigenvalue weighted by Gasteiger charge is 2.30. The van der Waals surface area contributed by atoms with E-state index in [2.05, 4.69) is 4.98 Å². The molecule has 2 rings (SSSR count). The fourth-order valence-electron chi connectivity index (χ4n) is 1.45. The summed E-state index contributed by atoms with van der Waals surface area (Å²) in [4.78, 5) is 14.1. The normalized spacial score (nSPS) is 11.5. The van der Waals surface area contributed by atoms with Crippen LogP contribution in [-0.2, 0) is 17.4 Å². The second kappa shape index (κ2) is 4.64. The molecule has 1 heterocycles. The van der Waals surface area contributed by atoms with Gasteiger partial charge in [-0.25, -0.2) is 4.98 Å². The molecule has 0 N–H and O–H groups in total. The largest absolute Gasteiger partial charge is 0.441 e. The van der Waals surface area contributed by atoms with Gasteiger partial charge in [-0.1, -0.05) is 6.07 Å². The molecule has 1 aromatic heterocycles. The van der Waals surface area contributed by atoms with Gasteiger partial charge in [0.05, 0.1) is 18.2 Å². The Bertz CT molecular complexity index is 560. The number of hydrogen-bond donors (Lipinski definition) is 0. The van der Waals surface area contributed by atoms with E-state index in [1.807, 2.05) is 0 Å². The van der Waals surface area contributed by atoms with E-state index >= 15 is 0 Å². The number of alkyl halides is 3. The summed E-state index contributed by atoms with van der Waals surface area (Å²) in [5.41, 5.74) is -0.544. The van der Waals surface area contributed by atoms with Crippen molar-refractivity contribution in [3.63, 3.8) is 0 Å². The second-order valence-electron chi connectivity index (χ2n) is 3.58. The van der Waals surface area contributed by atoms with Crippen molar-refractivity contribution in [2.24, 2.45) is 0 Å². The minimum atomic E-state index is -4.41. The Morgan fingerprint density at radius 1 is 1.33 bits per heavy atom. The summed E-state index contributed by atoms with van der Waals surface area (Å²) in [6, 6.07) is 4.67. The van der Waals surface area contributed by atoms with Crippen molar-refractivity contribution in [3.8, 4) is 11.5 Å². The van der Waals surface area contributed by atoms with Crippen molar-refractivity contribution in [3.05, 3.63) is 41.8 Å². The van der Waals surface area contributed by atoms with Gasteiger partial charge in [0.15, 0.2) is 0 Å². The Kier molecular flexibility index (Phi) is 3.18. The standard InChI is InChI=1S/C12H8F3NO2/c13-12(14,15)9-3-1-2-8(6-9)11-16-7-10(18-11)4-5-17/h1-3,5-7H,4H2. The number of rotatable bonds is 3. The molecule has 1 aromatic carbocycles. The van der Waals surface area contributed by atoms with E-state index in [0.29, 0.717) is 12.0 Å². The van der Waals surface area contributed by atoms with Crippen molar-refractivity contribution in [2.75, 3.05) is 0 Å². The van der Waals surface area contributed by atoms with Crippen molar-refractivity contribution < 1.29 is 22.4 Å². The summed E-state index contributed by atoms with van der Waals surface area (Å²) in [5, 5.41) is 0. The van der Waals surface area contributed by atoms with E-state index in [9.17, 15) is 18.0 Å². The molecule has 2 aromatic rings. The molecule has 0 atom stereocenters. The van der Waals surface area contributed by atoms with Crippen LogP contribution in [-0.4, -0.2) is 11.3 Å². The molecule has 0 radical (unpaired) electrons. The maximum atomic E-state index is 12.5. The van der Waals surface area contributed by atoms with Crippen LogP contribution in [0.4, 0.5) is 13.2 Å². The number of aromatic nitrogens is 1. The maximum Gasteiger partial charge on any atom is 0.416 e. The number of halogens is 3. The van der Waals surface area contributed by atoms with E-state index in [1.54, 1.807) is 0 Å². The molecule has 0 bridgehead atoms. The van der Waals surface area contributed by atoms with Crippen LogP contribution in [0, 0.1) is 0 Å². The molecule has 94 valence electrons. The first-order valence-electron chi connectivity index (χ1n) is 5.06. The van der Waals surface area contributed by atoms with Gasteiger partial charge in [0.25, 0.3) is 0 Å². The first-order valence-corrected chi connectivity index (χ1v) is 5.06. The second-order valence-corrected chi connectivity index (χ2v) is 3.58. The molecule has 0 aliphatic carbocycles. The van der Waals surface area contributed by atoms with Gasteiger partial charge >= 0.3 is 6.18 Å². The topological polar surface area (TPSA) is 43.1 Å². The number of nitrogens with zero attached hydrogens (tertiary/aromatic N) is 1. The monoisotopic (exact) mass is 255 g/mol. The Hall–Kier alpha value is -2.11. The van der Waals surface area contributed by atoms with E-state index < -0.39 is 11.7 Å². The van der Waals surface area contributed by atoms with E-state index in [-0.39, 0.29) is 17.9 Å². The Morgan fingerprint density at radius 2 is 2.11 bits per heavy atom. The molecule has 0 amide bonds. The van der Waals surface area contributed by atoms with Gasteiger partial charge in [-0.3, -0.25) is 0 Å². The third-order valence-electron chi connectivity index (χ3n) is 2.27. The van der Waals surface area contributed by atoms with Gasteiger partial charge < -0.3 is 9.21 Å². The summed E-state index contributed by atoms with van der Waals surface area (Å²) in [6.45, 7) is 0. The minimum absolute atomic E-state index is 0.0476. The van der Waals surface area contributed by atoms with Crippen LogP contribution in [0.2, 0.25) is 0 Å². The molecule has 0 saturated carbocycles. The quantitative estimate of drug-likeness (QED) is 0.791. The van der Waals surface area contributed by atoms with Gasteiger partial charge in [0, 0.05) is 5.56 Å². The average Bonchev–Trinajstić information content (AvgIpc) is 2.77. The summed E-state index contributed by atoms with van der Waals surface area (Å²) >= 11 is 0. The molecule has 3 nitrogen and oxygen atoms in total. The van der Waals surface area contributed by atoms with Crippen LogP contribution < -0.4 is 0 Å². The predicted molar refractivity (Wildman–Crippen MR) is 56.7 cm³/mol. The summed E-state index contributed by atoms with van der Waals surface area (Å²) in [5.74, 6) is 0.385. The van der Waals surface area contributed by atoms with Gasteiger partial charge in [-0.15, -0.1) is 0 Å². The molecular formula is C12H8F3NO2. The number of carbonyl (C=O) groups is 1. The summed E-state index contributed by atoms with van der Waals surface area (Å²) in [7, 11) is 0. The number of carbonyl (C=O) groups excluding carboxylic acids is 1. The molecule has 0 aliphatic rings. The fraction of sp³-hybridized carbons (Fsp3) is 0.167. The summed E-state index contributed by atoms with van der Waals surface area (Å²) in [6.07, 6.45) is -2.40. The van der Waals surface area contributed by atoms with E-state index in [0.717, 1.165) is 12.1 Å². The van der Waals surface area contributed by atoms with Gasteiger partial charge in [-0.05, 0) is 18.2 Å². The van der Waals surface area contributed by atoms with Gasteiger partial charge in [-0.2, -0.15) is 13.2 Å². The highest BCUT2D eigenvalue weighted by Crippen LogP contribution is 2.31. The van der Waals surface area contributed by atoms with Crippen LogP contribution in [0.15, 0.2) is 34.9 Å². The smallest absolute Gasteiger partial charge is 0.416 e. The molecule has 6 heteroatoms. The van der Waals surface area contributed by atoms with Gasteiger partial charge in [0.1, 0.15) is 12.0 Å². The van der Waals surface area contributed by atoms with Gasteiger partial charge in [0.2, 0.25) is 5.89 Å². The lowest BCUT2D eigenvalue weighted by Crippen LogP contribution is -2.04. The Balaban J connectivity index is 2.35. The van der Waals surface area contributed by atoms with Crippen molar-refractivity contribution in [2.45, 2.75) is 12.6 Å². The maximum absolute atomic E-state index is 12.5. The molecular weight excluding hydrogens is 247 g/mol. The minimum Gasteiger partial charge on any atom is -0.441 e. The molecule has 0 fully saturated rings. The van der Waals surface area contributed by atoms with Crippen molar-refractivity contribution >= 4 is 6.29 Å². The molecule has 18 heavy (non-hydrogen) atoms. The SMILES string of the molecule is O=CCc1cnc(-c2cccc(C(F)(F)F)c2)o1. The zero-order valence-corrected chi connectivity index (χ0v) is 9.07. The van der Waals surface area contributed by atoms with Crippen molar-refractivity contribution in [1.29, 1.82) is 0 Å². The molecule has 0 saturated heterocycles. The molecule has 0 spiro atoms. The third kappa shape index (κ3) is 2.58. The zero-order chi connectivity index (χ0) is 13.2. The zero-order valence-electron chi connectivity index (χ0n) is 9.07. The lowest BCUT2D eigenvalue weighted by atomic mass is 10.1. The number of hydrogen-bond acceptors (Lipinski definition) is 3. The van der Waals surface area contributed by atoms with Crippen LogP contribution in [0.1, 0.15) is 11.3 Å². The van der Waals surface area contributed by atoms with Crippen LogP contribution >= 0.6 is 0 Å². The highest BCUT2D eigenvalue weighted by atomic mass is 19.4. The van der Waals surface area contributed by atoms with Crippen LogP contribution in [0.5, 0.6) is 0 Å². The van der Waals surface area contributed by atoms with E-state index in [4.69, 9.17) is 4.42 Å².